The predicted molar refractivity (Wildman–Crippen MR) is 69.5 cm³/mol. The smallest absolute Gasteiger partial charge is 0.105 e. The Morgan fingerprint density at radius 1 is 0.812 bits per heavy atom. The Balaban J connectivity index is -0.000000845. The summed E-state index contributed by atoms with van der Waals surface area (Å²) in [5, 5.41) is 0. The van der Waals surface area contributed by atoms with E-state index in [4.69, 9.17) is 0 Å². The third-order valence-corrected chi connectivity index (χ3v) is 4.12. The molecule has 0 atom stereocenters. The lowest BCUT2D eigenvalue weighted by atomic mass is 10.2. The van der Waals surface area contributed by atoms with E-state index in [0.29, 0.717) is 0 Å². The van der Waals surface area contributed by atoms with Crippen molar-refractivity contribution in [2.24, 2.45) is 0 Å². The van der Waals surface area contributed by atoms with E-state index in [9.17, 15) is 0 Å². The molecule has 4 heteroatoms. The van der Waals surface area contributed by atoms with Crippen molar-refractivity contribution >= 4 is 11.8 Å². The number of rotatable bonds is 10. The third-order valence-electron chi connectivity index (χ3n) is 2.73. The van der Waals surface area contributed by atoms with Gasteiger partial charge in [-0.15, -0.1) is 0 Å². The van der Waals surface area contributed by atoms with Crippen LogP contribution in [0.4, 0.5) is 0 Å². The summed E-state index contributed by atoms with van der Waals surface area (Å²) in [7, 11) is 0. The van der Waals surface area contributed by atoms with E-state index >= 15 is 0 Å². The molecule has 102 valence electrons. The zero-order valence-corrected chi connectivity index (χ0v) is 16.3. The fourth-order valence-corrected chi connectivity index (χ4v) is 2.64. The summed E-state index contributed by atoms with van der Waals surface area (Å²) >= 11 is 1.67. The largest absolute Gasteiger partial charge is 1.00 e. The highest BCUT2D eigenvalue weighted by atomic mass is 127. The first-order valence-corrected chi connectivity index (χ1v) is 7.58. The third kappa shape index (κ3) is 15.8. The minimum Gasteiger partial charge on any atom is -1.00 e. The molecule has 0 radical (unpaired) electrons. The van der Waals surface area contributed by atoms with Crippen LogP contribution in [0.3, 0.4) is 0 Å². The lowest BCUT2D eigenvalue weighted by Crippen LogP contribution is -3.11. The van der Waals surface area contributed by atoms with Crippen LogP contribution in [0.15, 0.2) is 0 Å². The van der Waals surface area contributed by atoms with E-state index in [1.165, 1.54) is 56.8 Å². The molecule has 0 aromatic carbocycles. The van der Waals surface area contributed by atoms with Crippen LogP contribution in [0.25, 0.3) is 0 Å². The number of quaternary nitrogens is 1. The molecule has 0 heterocycles. The molecule has 0 amide bonds. The zero-order chi connectivity index (χ0) is 10.6. The van der Waals surface area contributed by atoms with Crippen LogP contribution in [0.2, 0.25) is 0 Å². The molecule has 0 saturated carbocycles. The van der Waals surface area contributed by atoms with Crippen LogP contribution in [0, 0.1) is 0 Å². The van der Waals surface area contributed by atoms with Crippen molar-refractivity contribution in [3.8, 4) is 0 Å². The maximum atomic E-state index is 2.29. The lowest BCUT2D eigenvalue weighted by molar-refractivity contribution is -0.896. The quantitative estimate of drug-likeness (QED) is 0.141. The molecule has 0 aliphatic rings. The van der Waals surface area contributed by atoms with Crippen molar-refractivity contribution in [2.45, 2.75) is 46.5 Å². The number of nitrogens with one attached hydrogen (secondary N) is 1. The Hall–Kier alpha value is 1.77. The first-order valence-electron chi connectivity index (χ1n) is 6.31. The van der Waals surface area contributed by atoms with Gasteiger partial charge in [0.1, 0.15) is 11.5 Å². The van der Waals surface area contributed by atoms with Gasteiger partial charge in [0.05, 0.1) is 19.6 Å². The molecule has 0 unspecified atom stereocenters. The van der Waals surface area contributed by atoms with Gasteiger partial charge in [-0.3, -0.25) is 0 Å². The predicted octanol–water partition coefficient (Wildman–Crippen LogP) is -4.69. The van der Waals surface area contributed by atoms with Crippen LogP contribution in [-0.4, -0.2) is 31.1 Å². The van der Waals surface area contributed by atoms with Crippen LogP contribution in [0.5, 0.6) is 0 Å². The second-order valence-corrected chi connectivity index (χ2v) is 5.28. The highest BCUT2D eigenvalue weighted by Gasteiger charge is 2.02. The Labute approximate surface area is 141 Å². The highest BCUT2D eigenvalue weighted by molar-refractivity contribution is 7.78. The SMILES string of the molecule is CCC[SH+]CCCCC[NH+](CC)CC.[I-].[I-]. The van der Waals surface area contributed by atoms with Crippen LogP contribution >= 0.6 is 0 Å². The van der Waals surface area contributed by atoms with Crippen molar-refractivity contribution < 1.29 is 52.9 Å². The summed E-state index contributed by atoms with van der Waals surface area (Å²) in [6.07, 6.45) is 5.67. The van der Waals surface area contributed by atoms with Gasteiger partial charge < -0.3 is 52.9 Å². The average molecular weight is 473 g/mol. The van der Waals surface area contributed by atoms with Crippen molar-refractivity contribution in [3.05, 3.63) is 0 Å². The van der Waals surface area contributed by atoms with Gasteiger partial charge >= 0.3 is 0 Å². The molecular formula is C12H29I2NS. The van der Waals surface area contributed by atoms with Crippen LogP contribution in [-0.2, 0) is 11.8 Å². The Kier molecular flexibility index (Phi) is 27.4. The maximum absolute atomic E-state index is 2.29. The molecule has 0 aromatic heterocycles. The van der Waals surface area contributed by atoms with Gasteiger partial charge in [-0.25, -0.2) is 0 Å². The van der Waals surface area contributed by atoms with E-state index in [0.717, 1.165) is 0 Å². The molecule has 0 aliphatic carbocycles. The summed E-state index contributed by atoms with van der Waals surface area (Å²) in [5.41, 5.74) is 0. The molecule has 0 fully saturated rings. The molecule has 0 spiro atoms. The summed E-state index contributed by atoms with van der Waals surface area (Å²) < 4.78 is 0. The first kappa shape index (κ1) is 22.9. The fraction of sp³-hybridized carbons (Fsp3) is 1.00. The average Bonchev–Trinajstić information content (AvgIpc) is 2.22. The normalized spacial score (nSPS) is 9.75. The van der Waals surface area contributed by atoms with E-state index in [1.54, 1.807) is 16.7 Å². The van der Waals surface area contributed by atoms with Crippen molar-refractivity contribution in [1.29, 1.82) is 0 Å². The molecule has 16 heavy (non-hydrogen) atoms. The zero-order valence-electron chi connectivity index (χ0n) is 11.1. The van der Waals surface area contributed by atoms with E-state index in [1.807, 2.05) is 0 Å². The minimum absolute atomic E-state index is 0. The fourth-order valence-electron chi connectivity index (χ4n) is 1.65. The van der Waals surface area contributed by atoms with E-state index in [-0.39, 0.29) is 48.0 Å². The maximum Gasteiger partial charge on any atom is 0.105 e. The van der Waals surface area contributed by atoms with Crippen LogP contribution < -0.4 is 52.9 Å². The molecule has 0 aliphatic heterocycles. The molecule has 0 bridgehead atoms. The van der Waals surface area contributed by atoms with Gasteiger partial charge in [0.2, 0.25) is 0 Å². The van der Waals surface area contributed by atoms with Crippen LogP contribution in [0.1, 0.15) is 46.5 Å². The Morgan fingerprint density at radius 3 is 1.94 bits per heavy atom. The van der Waals surface area contributed by atoms with E-state index < -0.39 is 0 Å². The topological polar surface area (TPSA) is 4.44 Å². The molecular weight excluding hydrogens is 444 g/mol. The monoisotopic (exact) mass is 473 g/mol. The van der Waals surface area contributed by atoms with Crippen molar-refractivity contribution in [2.75, 3.05) is 31.1 Å². The van der Waals surface area contributed by atoms with Gasteiger partial charge in [0, 0.05) is 0 Å². The second kappa shape index (κ2) is 19.1. The molecule has 1 N–H and O–H groups in total. The summed E-state index contributed by atoms with van der Waals surface area (Å²) in [5.74, 6) is 2.84. The number of halogens is 2. The van der Waals surface area contributed by atoms with Crippen molar-refractivity contribution in [3.63, 3.8) is 0 Å². The number of hydrogen-bond donors (Lipinski definition) is 1. The Morgan fingerprint density at radius 2 is 1.44 bits per heavy atom. The van der Waals surface area contributed by atoms with E-state index in [2.05, 4.69) is 20.8 Å². The Bertz CT molecular complexity index is 111. The van der Waals surface area contributed by atoms with Crippen molar-refractivity contribution in [1.82, 2.24) is 0 Å². The molecule has 0 saturated heterocycles. The minimum atomic E-state index is 0. The summed E-state index contributed by atoms with van der Waals surface area (Å²) in [6, 6.07) is 0. The van der Waals surface area contributed by atoms with Gasteiger partial charge in [-0.05, 0) is 51.3 Å². The van der Waals surface area contributed by atoms with Gasteiger partial charge in [0.15, 0.2) is 0 Å². The molecule has 0 aromatic rings. The van der Waals surface area contributed by atoms with Gasteiger partial charge in [-0.2, -0.15) is 0 Å². The molecule has 0 rings (SSSR count). The first-order chi connectivity index (χ1) is 6.85. The van der Waals surface area contributed by atoms with Gasteiger partial charge in [-0.1, -0.05) is 6.92 Å². The number of thiol groups is 1. The second-order valence-electron chi connectivity index (χ2n) is 3.94. The number of unbranched alkanes of at least 4 members (excludes halogenated alkanes) is 2. The molecule has 1 nitrogen and oxygen atoms in total. The lowest BCUT2D eigenvalue weighted by Gasteiger charge is -2.14. The van der Waals surface area contributed by atoms with Gasteiger partial charge in [0.25, 0.3) is 0 Å². The highest BCUT2D eigenvalue weighted by Crippen LogP contribution is 1.94. The summed E-state index contributed by atoms with van der Waals surface area (Å²) in [6.45, 7) is 10.8. The summed E-state index contributed by atoms with van der Waals surface area (Å²) in [4.78, 5) is 1.76. The number of hydrogen-bond acceptors (Lipinski definition) is 0. The standard InChI is InChI=1S/C12H27NS.2HI/c1-4-11-14-12-9-7-8-10-13(5-2)6-3;;/h4-12H2,1-3H3;2*1H.